The van der Waals surface area contributed by atoms with E-state index in [0.29, 0.717) is 17.1 Å². The normalized spacial score (nSPS) is 37.8. The predicted octanol–water partition coefficient (Wildman–Crippen LogP) is 3.68. The van der Waals surface area contributed by atoms with Crippen LogP contribution in [0, 0.1) is 17.3 Å². The molecule has 158 valence electrons. The molecule has 6 unspecified atom stereocenters. The fourth-order valence-electron chi connectivity index (χ4n) is 4.66. The second-order valence-corrected chi connectivity index (χ2v) is 11.9. The first-order valence-electron chi connectivity index (χ1n) is 10.7. The summed E-state index contributed by atoms with van der Waals surface area (Å²) in [4.78, 5) is 25.1. The Kier molecular flexibility index (Phi) is 6.53. The molecule has 0 aromatic heterocycles. The molecule has 4 rings (SSSR count). The average molecular weight is 429 g/mol. The van der Waals surface area contributed by atoms with Crippen molar-refractivity contribution in [3.05, 3.63) is 0 Å². The van der Waals surface area contributed by atoms with E-state index in [1.807, 2.05) is 30.4 Å². The molecule has 0 aromatic carbocycles. The molecular formula is C21H32O5S2. The van der Waals surface area contributed by atoms with Gasteiger partial charge in [-0.25, -0.2) is 0 Å². The maximum atomic E-state index is 12.6. The van der Waals surface area contributed by atoms with E-state index in [1.165, 1.54) is 0 Å². The molecule has 0 bridgehead atoms. The van der Waals surface area contributed by atoms with Gasteiger partial charge >= 0.3 is 11.9 Å². The van der Waals surface area contributed by atoms with Crippen molar-refractivity contribution in [2.24, 2.45) is 17.3 Å². The first kappa shape index (κ1) is 20.9. The van der Waals surface area contributed by atoms with Gasteiger partial charge in [0, 0.05) is 28.1 Å². The molecule has 2 saturated heterocycles. The molecule has 28 heavy (non-hydrogen) atoms. The van der Waals surface area contributed by atoms with Gasteiger partial charge in [0.15, 0.2) is 0 Å². The molecule has 0 radical (unpaired) electrons. The number of carbonyl (C=O) groups is 2. The van der Waals surface area contributed by atoms with Crippen molar-refractivity contribution in [2.45, 2.75) is 72.9 Å². The first-order chi connectivity index (χ1) is 13.5. The van der Waals surface area contributed by atoms with Crippen molar-refractivity contribution >= 4 is 35.5 Å². The minimum Gasteiger partial charge on any atom is -0.465 e. The Bertz CT molecular complexity index is 553. The molecule has 2 aliphatic heterocycles. The van der Waals surface area contributed by atoms with E-state index in [-0.39, 0.29) is 37.0 Å². The second kappa shape index (κ2) is 8.76. The summed E-state index contributed by atoms with van der Waals surface area (Å²) in [7, 11) is 1.64. The van der Waals surface area contributed by atoms with Gasteiger partial charge in [-0.15, -0.1) is 0 Å². The van der Waals surface area contributed by atoms with Crippen LogP contribution in [0.15, 0.2) is 0 Å². The number of hydrogen-bond donors (Lipinski definition) is 0. The van der Waals surface area contributed by atoms with E-state index < -0.39 is 5.41 Å². The van der Waals surface area contributed by atoms with E-state index in [4.69, 9.17) is 14.2 Å². The highest BCUT2D eigenvalue weighted by Crippen LogP contribution is 2.53. The van der Waals surface area contributed by atoms with Crippen molar-refractivity contribution in [3.63, 3.8) is 0 Å². The molecule has 2 saturated carbocycles. The van der Waals surface area contributed by atoms with Gasteiger partial charge in [-0.3, -0.25) is 9.59 Å². The zero-order valence-electron chi connectivity index (χ0n) is 16.9. The SMILES string of the molecule is CCC(COC)(COC(=O)C1CCC2SC2C1)COC(=O)C1CC[C@@H]2SC2C1. The number of rotatable bonds is 9. The van der Waals surface area contributed by atoms with Gasteiger partial charge in [0.1, 0.15) is 13.2 Å². The fraction of sp³-hybridized carbons (Fsp3) is 0.905. The smallest absolute Gasteiger partial charge is 0.308 e. The molecule has 0 aromatic rings. The predicted molar refractivity (Wildman–Crippen MR) is 112 cm³/mol. The largest absolute Gasteiger partial charge is 0.465 e. The van der Waals surface area contributed by atoms with Gasteiger partial charge in [-0.05, 0) is 44.9 Å². The van der Waals surface area contributed by atoms with Crippen LogP contribution >= 0.6 is 23.5 Å². The maximum Gasteiger partial charge on any atom is 0.308 e. The Morgan fingerprint density at radius 3 is 1.71 bits per heavy atom. The van der Waals surface area contributed by atoms with Gasteiger partial charge < -0.3 is 14.2 Å². The van der Waals surface area contributed by atoms with Crippen LogP contribution in [0.3, 0.4) is 0 Å². The fourth-order valence-corrected chi connectivity index (χ4v) is 7.10. The van der Waals surface area contributed by atoms with Crippen molar-refractivity contribution < 1.29 is 23.8 Å². The van der Waals surface area contributed by atoms with Crippen LogP contribution in [0.25, 0.3) is 0 Å². The van der Waals surface area contributed by atoms with E-state index in [1.54, 1.807) is 7.11 Å². The summed E-state index contributed by atoms with van der Waals surface area (Å²) in [6, 6.07) is 0. The zero-order valence-corrected chi connectivity index (χ0v) is 18.5. The summed E-state index contributed by atoms with van der Waals surface area (Å²) in [5.41, 5.74) is -0.461. The van der Waals surface area contributed by atoms with Crippen LogP contribution in [0.1, 0.15) is 51.9 Å². The number of fused-ring (bicyclic) bond motifs is 2. The average Bonchev–Trinajstić information content (AvgIpc) is 3.62. The number of thioether (sulfide) groups is 2. The van der Waals surface area contributed by atoms with Gasteiger partial charge in [0.25, 0.3) is 0 Å². The van der Waals surface area contributed by atoms with E-state index in [2.05, 4.69) is 0 Å². The molecular weight excluding hydrogens is 396 g/mol. The molecule has 4 fully saturated rings. The van der Waals surface area contributed by atoms with Crippen molar-refractivity contribution in [2.75, 3.05) is 26.9 Å². The Morgan fingerprint density at radius 2 is 1.32 bits per heavy atom. The van der Waals surface area contributed by atoms with Crippen LogP contribution in [-0.4, -0.2) is 59.9 Å². The number of esters is 2. The third-order valence-electron chi connectivity index (χ3n) is 6.92. The van der Waals surface area contributed by atoms with Gasteiger partial charge in [0.05, 0.1) is 23.9 Å². The summed E-state index contributed by atoms with van der Waals surface area (Å²) in [6.45, 7) is 2.97. The Morgan fingerprint density at radius 1 is 0.821 bits per heavy atom. The van der Waals surface area contributed by atoms with Crippen molar-refractivity contribution in [1.82, 2.24) is 0 Å². The van der Waals surface area contributed by atoms with E-state index in [9.17, 15) is 9.59 Å². The van der Waals surface area contributed by atoms with Crippen molar-refractivity contribution in [3.8, 4) is 0 Å². The van der Waals surface area contributed by atoms with Gasteiger partial charge in [-0.1, -0.05) is 6.92 Å². The molecule has 0 amide bonds. The molecule has 4 aliphatic rings. The Labute approximate surface area is 176 Å². The van der Waals surface area contributed by atoms with Crippen LogP contribution < -0.4 is 0 Å². The standard InChI is InChI=1S/C21H32O5S2/c1-3-21(10-24-2,11-25-19(22)13-4-6-15-17(8-13)27-15)12-26-20(23)14-5-7-16-18(9-14)28-16/h13-18H,3-12H2,1-2H3/t13?,14?,15-,16?,17?,18?,21?/m0/s1. The van der Waals surface area contributed by atoms with Crippen LogP contribution in [0.4, 0.5) is 0 Å². The quantitative estimate of drug-likeness (QED) is 0.410. The lowest BCUT2D eigenvalue weighted by Gasteiger charge is -2.32. The lowest BCUT2D eigenvalue weighted by Crippen LogP contribution is -2.40. The lowest BCUT2D eigenvalue weighted by molar-refractivity contribution is -0.163. The monoisotopic (exact) mass is 428 g/mol. The van der Waals surface area contributed by atoms with E-state index >= 15 is 0 Å². The molecule has 7 atom stereocenters. The van der Waals surface area contributed by atoms with Crippen LogP contribution in [0.2, 0.25) is 0 Å². The molecule has 7 heteroatoms. The topological polar surface area (TPSA) is 61.8 Å². The number of carbonyl (C=O) groups excluding carboxylic acids is 2. The second-order valence-electron chi connectivity index (χ2n) is 8.95. The lowest BCUT2D eigenvalue weighted by atomic mass is 9.86. The number of ether oxygens (including phenoxy) is 3. The first-order valence-corrected chi connectivity index (χ1v) is 12.6. The molecule has 0 N–H and O–H groups in total. The Balaban J connectivity index is 1.27. The number of hydrogen-bond acceptors (Lipinski definition) is 7. The van der Waals surface area contributed by atoms with Crippen LogP contribution in [-0.2, 0) is 23.8 Å². The summed E-state index contributed by atoms with van der Waals surface area (Å²) in [6.07, 6.45) is 6.78. The third-order valence-corrected chi connectivity index (χ3v) is 9.86. The highest BCUT2D eigenvalue weighted by Gasteiger charge is 2.47. The molecule has 5 nitrogen and oxygen atoms in total. The maximum absolute atomic E-state index is 12.6. The minimum absolute atomic E-state index is 0.0297. The number of methoxy groups -OCH3 is 1. The summed E-state index contributed by atoms with van der Waals surface area (Å²) in [5.74, 6) is -0.116. The highest BCUT2D eigenvalue weighted by molar-refractivity contribution is 8.08. The molecule has 0 spiro atoms. The minimum atomic E-state index is -0.461. The van der Waals surface area contributed by atoms with E-state index in [0.717, 1.165) is 55.4 Å². The van der Waals surface area contributed by atoms with Gasteiger partial charge in [-0.2, -0.15) is 23.5 Å². The Hall–Kier alpha value is -0.400. The molecule has 2 heterocycles. The van der Waals surface area contributed by atoms with Crippen LogP contribution in [0.5, 0.6) is 0 Å². The summed E-state index contributed by atoms with van der Waals surface area (Å²) >= 11 is 4.00. The van der Waals surface area contributed by atoms with Gasteiger partial charge in [0.2, 0.25) is 0 Å². The zero-order chi connectivity index (χ0) is 19.7. The third kappa shape index (κ3) is 4.84. The summed E-state index contributed by atoms with van der Waals surface area (Å²) < 4.78 is 16.9. The highest BCUT2D eigenvalue weighted by atomic mass is 32.2. The molecule has 2 aliphatic carbocycles. The van der Waals surface area contributed by atoms with Crippen molar-refractivity contribution in [1.29, 1.82) is 0 Å². The summed E-state index contributed by atoms with van der Waals surface area (Å²) in [5, 5.41) is 2.91.